The van der Waals surface area contributed by atoms with Gasteiger partial charge in [0.25, 0.3) is 0 Å². The van der Waals surface area contributed by atoms with Crippen molar-refractivity contribution in [2.24, 2.45) is 0 Å². The van der Waals surface area contributed by atoms with Gasteiger partial charge < -0.3 is 0 Å². The van der Waals surface area contributed by atoms with E-state index in [4.69, 9.17) is 0 Å². The molecule has 0 saturated heterocycles. The molecule has 112 valence electrons. The van der Waals surface area contributed by atoms with Crippen molar-refractivity contribution >= 4 is 6.08 Å². The maximum atomic E-state index is 3.89. The van der Waals surface area contributed by atoms with E-state index in [0.717, 1.165) is 0 Å². The summed E-state index contributed by atoms with van der Waals surface area (Å²) in [5.74, 6) is 0. The molecule has 1 aromatic rings. The van der Waals surface area contributed by atoms with Crippen LogP contribution in [-0.4, -0.2) is 0 Å². The highest BCUT2D eigenvalue weighted by molar-refractivity contribution is 5.51. The van der Waals surface area contributed by atoms with Crippen molar-refractivity contribution < 1.29 is 0 Å². The molecule has 0 amide bonds. The predicted octanol–water partition coefficient (Wildman–Crippen LogP) is 6.79. The predicted molar refractivity (Wildman–Crippen MR) is 92.1 cm³/mol. The third-order valence-corrected chi connectivity index (χ3v) is 4.07. The van der Waals surface area contributed by atoms with Crippen LogP contribution in [0.4, 0.5) is 0 Å². The van der Waals surface area contributed by atoms with Crippen molar-refractivity contribution in [3.8, 4) is 0 Å². The maximum Gasteiger partial charge on any atom is -0.0230 e. The topological polar surface area (TPSA) is 0 Å². The molecule has 0 aromatic heterocycles. The first-order valence-electron chi connectivity index (χ1n) is 8.58. The molecule has 0 heterocycles. The Morgan fingerprint density at radius 2 is 1.35 bits per heavy atom. The Bertz CT molecular complexity index is 351. The van der Waals surface area contributed by atoms with E-state index in [-0.39, 0.29) is 0 Å². The van der Waals surface area contributed by atoms with Crippen LogP contribution in [0, 0.1) is 0 Å². The zero-order valence-corrected chi connectivity index (χ0v) is 13.4. The Morgan fingerprint density at radius 3 is 1.95 bits per heavy atom. The minimum absolute atomic E-state index is 1.21. The molecule has 0 aliphatic rings. The first-order valence-corrected chi connectivity index (χ1v) is 8.58. The van der Waals surface area contributed by atoms with Crippen LogP contribution in [-0.2, 0) is 6.42 Å². The highest BCUT2D eigenvalue weighted by Crippen LogP contribution is 2.15. The molecule has 0 spiro atoms. The van der Waals surface area contributed by atoms with Crippen LogP contribution >= 0.6 is 0 Å². The van der Waals surface area contributed by atoms with Gasteiger partial charge in [0.1, 0.15) is 0 Å². The molecular weight excluding hydrogens is 240 g/mol. The van der Waals surface area contributed by atoms with E-state index in [0.29, 0.717) is 0 Å². The normalized spacial score (nSPS) is 10.7. The van der Waals surface area contributed by atoms with E-state index >= 15 is 0 Å². The first kappa shape index (κ1) is 17.0. The molecule has 1 rings (SSSR count). The summed E-state index contributed by atoms with van der Waals surface area (Å²) in [5.41, 5.74) is 2.77. The van der Waals surface area contributed by atoms with Gasteiger partial charge >= 0.3 is 0 Å². The standard InChI is InChI=1S/C20H32/c1-3-5-6-7-8-9-10-11-12-13-17-20-18-15-14-16-19(20)4-2/h4,14-16,18H,2-3,5-13,17H2,1H3. The second-order valence-electron chi connectivity index (χ2n) is 5.83. The minimum atomic E-state index is 1.21. The van der Waals surface area contributed by atoms with E-state index in [1.807, 2.05) is 6.08 Å². The van der Waals surface area contributed by atoms with Crippen molar-refractivity contribution in [2.75, 3.05) is 0 Å². The lowest BCUT2D eigenvalue weighted by Gasteiger charge is -2.06. The van der Waals surface area contributed by atoms with Crippen LogP contribution in [0.15, 0.2) is 30.8 Å². The first-order chi connectivity index (χ1) is 9.88. The van der Waals surface area contributed by atoms with Gasteiger partial charge in [-0.25, -0.2) is 0 Å². The summed E-state index contributed by atoms with van der Waals surface area (Å²) in [6, 6.07) is 8.64. The summed E-state index contributed by atoms with van der Waals surface area (Å²) in [7, 11) is 0. The number of rotatable bonds is 12. The molecule has 0 saturated carbocycles. The molecule has 0 aliphatic heterocycles. The van der Waals surface area contributed by atoms with Gasteiger partial charge in [-0.05, 0) is 24.0 Å². The molecule has 0 unspecified atom stereocenters. The summed E-state index contributed by atoms with van der Waals surface area (Å²) in [4.78, 5) is 0. The van der Waals surface area contributed by atoms with E-state index in [9.17, 15) is 0 Å². The van der Waals surface area contributed by atoms with Crippen LogP contribution in [0.1, 0.15) is 82.3 Å². The third-order valence-electron chi connectivity index (χ3n) is 4.07. The molecule has 1 aromatic carbocycles. The number of aryl methyl sites for hydroxylation is 1. The van der Waals surface area contributed by atoms with Crippen molar-refractivity contribution in [3.05, 3.63) is 42.0 Å². The molecule has 0 aliphatic carbocycles. The average molecular weight is 272 g/mol. The molecule has 0 bridgehead atoms. The van der Waals surface area contributed by atoms with Gasteiger partial charge in [0.15, 0.2) is 0 Å². The SMILES string of the molecule is C=Cc1ccccc1CCCCCCCCCCCC. The van der Waals surface area contributed by atoms with E-state index in [1.54, 1.807) is 0 Å². The lowest BCUT2D eigenvalue weighted by molar-refractivity contribution is 0.556. The minimum Gasteiger partial charge on any atom is -0.0985 e. The molecule has 0 N–H and O–H groups in total. The quantitative estimate of drug-likeness (QED) is 0.367. The number of unbranched alkanes of at least 4 members (excludes halogenated alkanes) is 9. The number of hydrogen-bond acceptors (Lipinski definition) is 0. The second kappa shape index (κ2) is 11.8. The fourth-order valence-corrected chi connectivity index (χ4v) is 2.76. The zero-order valence-electron chi connectivity index (χ0n) is 13.4. The fraction of sp³-hybridized carbons (Fsp3) is 0.600. The average Bonchev–Trinajstić information content (AvgIpc) is 2.49. The molecule has 0 fully saturated rings. The van der Waals surface area contributed by atoms with E-state index in [2.05, 4.69) is 37.8 Å². The summed E-state index contributed by atoms with van der Waals surface area (Å²) in [6.07, 6.45) is 17.3. The van der Waals surface area contributed by atoms with Crippen molar-refractivity contribution in [2.45, 2.75) is 77.6 Å². The van der Waals surface area contributed by atoms with Gasteiger partial charge in [0.05, 0.1) is 0 Å². The Balaban J connectivity index is 1.98. The van der Waals surface area contributed by atoms with Crippen LogP contribution < -0.4 is 0 Å². The third kappa shape index (κ3) is 7.53. The summed E-state index contributed by atoms with van der Waals surface area (Å²) in [6.45, 7) is 6.17. The van der Waals surface area contributed by atoms with Crippen molar-refractivity contribution in [3.63, 3.8) is 0 Å². The largest absolute Gasteiger partial charge is 0.0985 e. The summed E-state index contributed by atoms with van der Waals surface area (Å²) >= 11 is 0. The van der Waals surface area contributed by atoms with Gasteiger partial charge in [0, 0.05) is 0 Å². The number of hydrogen-bond donors (Lipinski definition) is 0. The van der Waals surface area contributed by atoms with Gasteiger partial charge in [-0.2, -0.15) is 0 Å². The van der Waals surface area contributed by atoms with E-state index in [1.165, 1.54) is 81.8 Å². The Hall–Kier alpha value is -1.04. The fourth-order valence-electron chi connectivity index (χ4n) is 2.76. The highest BCUT2D eigenvalue weighted by atomic mass is 14.0. The molecule has 0 atom stereocenters. The Kier molecular flexibility index (Phi) is 10.0. The lowest BCUT2D eigenvalue weighted by Crippen LogP contribution is -1.89. The molecule has 20 heavy (non-hydrogen) atoms. The molecular formula is C20H32. The van der Waals surface area contributed by atoms with Gasteiger partial charge in [-0.3, -0.25) is 0 Å². The van der Waals surface area contributed by atoms with Crippen LogP contribution in [0.2, 0.25) is 0 Å². The summed E-state index contributed by atoms with van der Waals surface area (Å²) in [5, 5.41) is 0. The number of benzene rings is 1. The second-order valence-corrected chi connectivity index (χ2v) is 5.83. The lowest BCUT2D eigenvalue weighted by atomic mass is 10.00. The van der Waals surface area contributed by atoms with Crippen LogP contribution in [0.3, 0.4) is 0 Å². The van der Waals surface area contributed by atoms with Crippen molar-refractivity contribution in [1.82, 2.24) is 0 Å². The van der Waals surface area contributed by atoms with Gasteiger partial charge in [-0.1, -0.05) is 102 Å². The van der Waals surface area contributed by atoms with Crippen LogP contribution in [0.5, 0.6) is 0 Å². The zero-order chi connectivity index (χ0) is 14.5. The van der Waals surface area contributed by atoms with Gasteiger partial charge in [0.2, 0.25) is 0 Å². The van der Waals surface area contributed by atoms with Crippen molar-refractivity contribution in [1.29, 1.82) is 0 Å². The molecule has 0 nitrogen and oxygen atoms in total. The molecule has 0 heteroatoms. The summed E-state index contributed by atoms with van der Waals surface area (Å²) < 4.78 is 0. The highest BCUT2D eigenvalue weighted by Gasteiger charge is 1.98. The smallest absolute Gasteiger partial charge is 0.0230 e. The maximum absolute atomic E-state index is 3.89. The van der Waals surface area contributed by atoms with Crippen LogP contribution in [0.25, 0.3) is 6.08 Å². The Labute approximate surface area is 126 Å². The van der Waals surface area contributed by atoms with E-state index < -0.39 is 0 Å². The van der Waals surface area contributed by atoms with Gasteiger partial charge in [-0.15, -0.1) is 0 Å². The molecule has 0 radical (unpaired) electrons. The monoisotopic (exact) mass is 272 g/mol. The Morgan fingerprint density at radius 1 is 0.800 bits per heavy atom.